The van der Waals surface area contributed by atoms with Gasteiger partial charge in [-0.2, -0.15) is 0 Å². The Bertz CT molecular complexity index is 397. The van der Waals surface area contributed by atoms with Crippen LogP contribution in [0, 0.1) is 26.7 Å². The number of hydrazine groups is 1. The molecule has 0 saturated carbocycles. The zero-order chi connectivity index (χ0) is 12.4. The third-order valence-electron chi connectivity index (χ3n) is 3.83. The van der Waals surface area contributed by atoms with Gasteiger partial charge in [-0.3, -0.25) is 11.3 Å². The van der Waals surface area contributed by atoms with Crippen LogP contribution in [0.1, 0.15) is 34.7 Å². The Kier molecular flexibility index (Phi) is 3.82. The third-order valence-corrected chi connectivity index (χ3v) is 3.83. The van der Waals surface area contributed by atoms with Gasteiger partial charge in [0.25, 0.3) is 0 Å². The Morgan fingerprint density at radius 1 is 1.24 bits per heavy atom. The molecule has 1 aromatic carbocycles. The molecule has 1 fully saturated rings. The quantitative estimate of drug-likeness (QED) is 0.622. The second kappa shape index (κ2) is 5.17. The summed E-state index contributed by atoms with van der Waals surface area (Å²) in [5.41, 5.74) is 8.25. The SMILES string of the molecule is Cc1cc(C)c(C(NN)C2CCOC2)cc1C. The largest absolute Gasteiger partial charge is 0.381 e. The highest BCUT2D eigenvalue weighted by molar-refractivity contribution is 5.38. The van der Waals surface area contributed by atoms with E-state index < -0.39 is 0 Å². The minimum atomic E-state index is 0.205. The molecule has 3 nitrogen and oxygen atoms in total. The molecule has 0 aliphatic carbocycles. The molecule has 0 spiro atoms. The average Bonchev–Trinajstić information content (AvgIpc) is 2.80. The predicted octanol–water partition coefficient (Wildman–Crippen LogP) is 2.15. The standard InChI is InChI=1S/C14H22N2O/c1-9-6-11(3)13(7-10(9)2)14(16-15)12-4-5-17-8-12/h6-7,12,14,16H,4-5,8,15H2,1-3H3. The fourth-order valence-electron chi connectivity index (χ4n) is 2.61. The molecule has 17 heavy (non-hydrogen) atoms. The van der Waals surface area contributed by atoms with Crippen LogP contribution in [0.2, 0.25) is 0 Å². The molecule has 0 bridgehead atoms. The van der Waals surface area contributed by atoms with Gasteiger partial charge in [-0.15, -0.1) is 0 Å². The van der Waals surface area contributed by atoms with Crippen LogP contribution < -0.4 is 11.3 Å². The van der Waals surface area contributed by atoms with E-state index in [1.165, 1.54) is 22.3 Å². The Labute approximate surface area is 103 Å². The number of rotatable bonds is 3. The molecule has 1 aromatic rings. The van der Waals surface area contributed by atoms with Gasteiger partial charge in [0.1, 0.15) is 0 Å². The summed E-state index contributed by atoms with van der Waals surface area (Å²) in [5.74, 6) is 6.22. The molecule has 3 heteroatoms. The summed E-state index contributed by atoms with van der Waals surface area (Å²) in [4.78, 5) is 0. The summed E-state index contributed by atoms with van der Waals surface area (Å²) in [6.45, 7) is 8.11. The van der Waals surface area contributed by atoms with Gasteiger partial charge >= 0.3 is 0 Å². The highest BCUT2D eigenvalue weighted by atomic mass is 16.5. The first kappa shape index (κ1) is 12.6. The molecule has 1 aliphatic rings. The second-order valence-electron chi connectivity index (χ2n) is 5.06. The van der Waals surface area contributed by atoms with E-state index in [1.807, 2.05) is 0 Å². The summed E-state index contributed by atoms with van der Waals surface area (Å²) in [6, 6.07) is 4.70. The zero-order valence-corrected chi connectivity index (χ0v) is 10.9. The van der Waals surface area contributed by atoms with E-state index in [1.54, 1.807) is 0 Å². The van der Waals surface area contributed by atoms with E-state index in [4.69, 9.17) is 10.6 Å². The Morgan fingerprint density at radius 2 is 1.94 bits per heavy atom. The summed E-state index contributed by atoms with van der Waals surface area (Å²) in [5, 5.41) is 0. The summed E-state index contributed by atoms with van der Waals surface area (Å²) in [7, 11) is 0. The number of nitrogens with two attached hydrogens (primary N) is 1. The van der Waals surface area contributed by atoms with Crippen LogP contribution in [0.25, 0.3) is 0 Å². The van der Waals surface area contributed by atoms with E-state index in [0.717, 1.165) is 19.6 Å². The third kappa shape index (κ3) is 2.51. The van der Waals surface area contributed by atoms with Crippen LogP contribution in [-0.2, 0) is 4.74 Å². The van der Waals surface area contributed by atoms with Gasteiger partial charge in [0, 0.05) is 12.5 Å². The van der Waals surface area contributed by atoms with E-state index in [0.29, 0.717) is 5.92 Å². The molecule has 2 atom stereocenters. The van der Waals surface area contributed by atoms with Crippen LogP contribution in [0.15, 0.2) is 12.1 Å². The average molecular weight is 234 g/mol. The molecule has 94 valence electrons. The molecule has 1 aliphatic heterocycles. The van der Waals surface area contributed by atoms with Crippen molar-refractivity contribution in [1.82, 2.24) is 5.43 Å². The lowest BCUT2D eigenvalue weighted by molar-refractivity contribution is 0.176. The van der Waals surface area contributed by atoms with E-state index in [9.17, 15) is 0 Å². The number of aryl methyl sites for hydroxylation is 3. The lowest BCUT2D eigenvalue weighted by Crippen LogP contribution is -2.34. The highest BCUT2D eigenvalue weighted by Gasteiger charge is 2.27. The van der Waals surface area contributed by atoms with Gasteiger partial charge in [0.2, 0.25) is 0 Å². The smallest absolute Gasteiger partial charge is 0.0513 e. The minimum absolute atomic E-state index is 0.205. The molecule has 1 saturated heterocycles. The first-order chi connectivity index (χ1) is 8.13. The summed E-state index contributed by atoms with van der Waals surface area (Å²) in [6.07, 6.45) is 1.08. The van der Waals surface area contributed by atoms with E-state index in [-0.39, 0.29) is 6.04 Å². The topological polar surface area (TPSA) is 47.3 Å². The van der Waals surface area contributed by atoms with Gasteiger partial charge in [0.15, 0.2) is 0 Å². The first-order valence-electron chi connectivity index (χ1n) is 6.25. The zero-order valence-electron chi connectivity index (χ0n) is 10.9. The predicted molar refractivity (Wildman–Crippen MR) is 69.6 cm³/mol. The van der Waals surface area contributed by atoms with Gasteiger partial charge in [-0.1, -0.05) is 12.1 Å². The maximum atomic E-state index is 5.74. The van der Waals surface area contributed by atoms with Gasteiger partial charge in [0.05, 0.1) is 12.6 Å². The molecular formula is C14H22N2O. The first-order valence-corrected chi connectivity index (χ1v) is 6.25. The Balaban J connectivity index is 2.32. The monoisotopic (exact) mass is 234 g/mol. The van der Waals surface area contributed by atoms with Crippen molar-refractivity contribution in [2.75, 3.05) is 13.2 Å². The summed E-state index contributed by atoms with van der Waals surface area (Å²) < 4.78 is 5.46. The molecule has 1 heterocycles. The molecule has 2 unspecified atom stereocenters. The number of ether oxygens (including phenoxy) is 1. The number of hydrogen-bond acceptors (Lipinski definition) is 3. The lowest BCUT2D eigenvalue weighted by Gasteiger charge is -2.24. The lowest BCUT2D eigenvalue weighted by atomic mass is 9.88. The van der Waals surface area contributed by atoms with Crippen molar-refractivity contribution in [2.45, 2.75) is 33.2 Å². The van der Waals surface area contributed by atoms with E-state index >= 15 is 0 Å². The van der Waals surface area contributed by atoms with Crippen molar-refractivity contribution < 1.29 is 4.74 Å². The van der Waals surface area contributed by atoms with Crippen molar-refractivity contribution in [3.05, 3.63) is 34.4 Å². The van der Waals surface area contributed by atoms with Crippen molar-refractivity contribution in [3.63, 3.8) is 0 Å². The Hall–Kier alpha value is -0.900. The molecule has 0 radical (unpaired) electrons. The number of hydrogen-bond donors (Lipinski definition) is 2. The van der Waals surface area contributed by atoms with Crippen molar-refractivity contribution in [3.8, 4) is 0 Å². The minimum Gasteiger partial charge on any atom is -0.381 e. The van der Waals surface area contributed by atoms with Crippen LogP contribution >= 0.6 is 0 Å². The molecule has 0 aromatic heterocycles. The molecule has 0 amide bonds. The van der Waals surface area contributed by atoms with Crippen LogP contribution in [0.4, 0.5) is 0 Å². The van der Waals surface area contributed by atoms with Crippen LogP contribution in [-0.4, -0.2) is 13.2 Å². The van der Waals surface area contributed by atoms with Crippen LogP contribution in [0.3, 0.4) is 0 Å². The second-order valence-corrected chi connectivity index (χ2v) is 5.06. The normalized spacial score (nSPS) is 21.8. The maximum absolute atomic E-state index is 5.74. The highest BCUT2D eigenvalue weighted by Crippen LogP contribution is 2.31. The van der Waals surface area contributed by atoms with Crippen molar-refractivity contribution in [1.29, 1.82) is 0 Å². The molecule has 2 rings (SSSR count). The van der Waals surface area contributed by atoms with Crippen molar-refractivity contribution >= 4 is 0 Å². The van der Waals surface area contributed by atoms with E-state index in [2.05, 4.69) is 38.3 Å². The Morgan fingerprint density at radius 3 is 2.53 bits per heavy atom. The maximum Gasteiger partial charge on any atom is 0.0513 e. The molecule has 3 N–H and O–H groups in total. The van der Waals surface area contributed by atoms with Gasteiger partial charge < -0.3 is 4.74 Å². The number of nitrogens with one attached hydrogen (secondary N) is 1. The summed E-state index contributed by atoms with van der Waals surface area (Å²) >= 11 is 0. The van der Waals surface area contributed by atoms with Crippen LogP contribution in [0.5, 0.6) is 0 Å². The fourth-order valence-corrected chi connectivity index (χ4v) is 2.61. The fraction of sp³-hybridized carbons (Fsp3) is 0.571. The van der Waals surface area contributed by atoms with Gasteiger partial charge in [-0.05, 0) is 49.4 Å². The van der Waals surface area contributed by atoms with Gasteiger partial charge in [-0.25, -0.2) is 0 Å². The number of benzene rings is 1. The molecular weight excluding hydrogens is 212 g/mol. The van der Waals surface area contributed by atoms with Crippen molar-refractivity contribution in [2.24, 2.45) is 11.8 Å².